The third kappa shape index (κ3) is 4.88. The van der Waals surface area contributed by atoms with Gasteiger partial charge in [0.15, 0.2) is 0 Å². The topological polar surface area (TPSA) is 71.0 Å². The fourth-order valence-corrected chi connectivity index (χ4v) is 2.75. The Bertz CT molecular complexity index is 426. The largest absolute Gasteiger partial charge is 0.497 e. The van der Waals surface area contributed by atoms with Crippen molar-refractivity contribution in [1.29, 1.82) is 0 Å². The van der Waals surface area contributed by atoms with Crippen LogP contribution in [0.3, 0.4) is 0 Å². The molecule has 1 aliphatic rings. The Hall–Kier alpha value is -1.30. The number of aliphatic hydroxyl groups is 2. The molecular weight excluding hydrogens is 270 g/mol. The van der Waals surface area contributed by atoms with E-state index in [4.69, 9.17) is 9.47 Å². The molecule has 0 radical (unpaired) electrons. The second kappa shape index (κ2) is 8.22. The summed E-state index contributed by atoms with van der Waals surface area (Å²) in [4.78, 5) is 0. The molecule has 0 amide bonds. The molecule has 0 spiro atoms. The average Bonchev–Trinajstić information content (AvgIpc) is 2.98. The third-order valence-electron chi connectivity index (χ3n) is 3.99. The Labute approximate surface area is 125 Å². The summed E-state index contributed by atoms with van der Waals surface area (Å²) in [6.07, 6.45) is 2.69. The maximum absolute atomic E-state index is 9.98. The summed E-state index contributed by atoms with van der Waals surface area (Å²) in [5, 5.41) is 22.6. The molecule has 3 unspecified atom stereocenters. The lowest BCUT2D eigenvalue weighted by atomic mass is 10.1. The highest BCUT2D eigenvalue weighted by molar-refractivity contribution is 5.32. The number of hydrogen-bond donors (Lipinski definition) is 3. The summed E-state index contributed by atoms with van der Waals surface area (Å²) >= 11 is 0. The molecule has 0 bridgehead atoms. The summed E-state index contributed by atoms with van der Waals surface area (Å²) in [6.45, 7) is 0.926. The quantitative estimate of drug-likeness (QED) is 0.672. The van der Waals surface area contributed by atoms with Crippen LogP contribution in [0.15, 0.2) is 24.3 Å². The van der Waals surface area contributed by atoms with E-state index in [0.717, 1.165) is 25.0 Å². The molecule has 1 aromatic rings. The third-order valence-corrected chi connectivity index (χ3v) is 3.99. The zero-order valence-corrected chi connectivity index (χ0v) is 12.5. The second-order valence-electron chi connectivity index (χ2n) is 5.53. The van der Waals surface area contributed by atoms with E-state index >= 15 is 0 Å². The van der Waals surface area contributed by atoms with Crippen LogP contribution in [0.4, 0.5) is 0 Å². The highest BCUT2D eigenvalue weighted by atomic mass is 16.5. The average molecular weight is 295 g/mol. The van der Waals surface area contributed by atoms with Gasteiger partial charge in [-0.3, -0.25) is 0 Å². The van der Waals surface area contributed by atoms with Crippen LogP contribution in [0, 0.1) is 5.92 Å². The number of hydrogen-bond acceptors (Lipinski definition) is 5. The fraction of sp³-hybridized carbons (Fsp3) is 0.625. The van der Waals surface area contributed by atoms with E-state index in [2.05, 4.69) is 5.32 Å². The minimum absolute atomic E-state index is 0.216. The monoisotopic (exact) mass is 295 g/mol. The predicted molar refractivity (Wildman–Crippen MR) is 80.7 cm³/mol. The zero-order chi connectivity index (χ0) is 15.1. The molecule has 2 rings (SSSR count). The van der Waals surface area contributed by atoms with E-state index in [1.54, 1.807) is 13.2 Å². The fourth-order valence-electron chi connectivity index (χ4n) is 2.75. The number of methoxy groups -OCH3 is 1. The molecular formula is C16H25NO4. The van der Waals surface area contributed by atoms with Gasteiger partial charge in [0.2, 0.25) is 0 Å². The second-order valence-corrected chi connectivity index (χ2v) is 5.53. The van der Waals surface area contributed by atoms with Gasteiger partial charge in [0.05, 0.1) is 7.11 Å². The maximum atomic E-state index is 9.98. The van der Waals surface area contributed by atoms with E-state index < -0.39 is 6.10 Å². The molecule has 1 fully saturated rings. The lowest BCUT2D eigenvalue weighted by molar-refractivity contribution is 0.0991. The lowest BCUT2D eigenvalue weighted by Gasteiger charge is -2.21. The molecule has 0 aromatic heterocycles. The molecule has 0 saturated heterocycles. The van der Waals surface area contributed by atoms with Crippen molar-refractivity contribution in [1.82, 2.24) is 5.32 Å². The molecule has 3 atom stereocenters. The Kier molecular flexibility index (Phi) is 6.29. The molecule has 1 saturated carbocycles. The first-order chi connectivity index (χ1) is 10.2. The van der Waals surface area contributed by atoms with Crippen molar-refractivity contribution < 1.29 is 19.7 Å². The molecule has 21 heavy (non-hydrogen) atoms. The van der Waals surface area contributed by atoms with Crippen LogP contribution in [0.25, 0.3) is 0 Å². The summed E-state index contributed by atoms with van der Waals surface area (Å²) in [7, 11) is 1.61. The first-order valence-electron chi connectivity index (χ1n) is 7.52. The van der Waals surface area contributed by atoms with Gasteiger partial charge in [0.25, 0.3) is 0 Å². The highest BCUT2D eigenvalue weighted by Gasteiger charge is 2.26. The summed E-state index contributed by atoms with van der Waals surface area (Å²) in [5.74, 6) is 1.73. The van der Waals surface area contributed by atoms with E-state index in [0.29, 0.717) is 24.3 Å². The molecule has 0 heterocycles. The van der Waals surface area contributed by atoms with Crippen molar-refractivity contribution in [3.05, 3.63) is 24.3 Å². The van der Waals surface area contributed by atoms with Crippen LogP contribution in [0.2, 0.25) is 0 Å². The summed E-state index contributed by atoms with van der Waals surface area (Å²) in [5.41, 5.74) is 0. The molecule has 118 valence electrons. The molecule has 3 N–H and O–H groups in total. The smallest absolute Gasteiger partial charge is 0.123 e. The van der Waals surface area contributed by atoms with Gasteiger partial charge in [-0.05, 0) is 30.9 Å². The number of rotatable bonds is 8. The Morgan fingerprint density at radius 3 is 2.90 bits per heavy atom. The number of nitrogens with one attached hydrogen (secondary N) is 1. The first kappa shape index (κ1) is 16.1. The first-order valence-corrected chi connectivity index (χ1v) is 7.52. The van der Waals surface area contributed by atoms with Crippen molar-refractivity contribution in [2.45, 2.75) is 31.4 Å². The Morgan fingerprint density at radius 2 is 2.14 bits per heavy atom. The molecule has 1 aromatic carbocycles. The van der Waals surface area contributed by atoms with Crippen LogP contribution < -0.4 is 14.8 Å². The molecule has 5 nitrogen and oxygen atoms in total. The zero-order valence-electron chi connectivity index (χ0n) is 12.5. The van der Waals surface area contributed by atoms with E-state index in [1.807, 2.05) is 18.2 Å². The molecule has 5 heteroatoms. The van der Waals surface area contributed by atoms with Crippen LogP contribution in [0.1, 0.15) is 19.3 Å². The van der Waals surface area contributed by atoms with E-state index in [9.17, 15) is 10.2 Å². The number of aliphatic hydroxyl groups excluding tert-OH is 2. The van der Waals surface area contributed by atoms with Crippen molar-refractivity contribution >= 4 is 0 Å². The minimum Gasteiger partial charge on any atom is -0.497 e. The maximum Gasteiger partial charge on any atom is 0.123 e. The SMILES string of the molecule is COc1cccc(OCC(O)CNC2CCCC2CO)c1. The van der Waals surface area contributed by atoms with Crippen molar-refractivity contribution in [2.75, 3.05) is 26.9 Å². The van der Waals surface area contributed by atoms with Gasteiger partial charge in [-0.25, -0.2) is 0 Å². The van der Waals surface area contributed by atoms with E-state index in [1.165, 1.54) is 0 Å². The van der Waals surface area contributed by atoms with Gasteiger partial charge in [0.1, 0.15) is 24.2 Å². The van der Waals surface area contributed by atoms with Gasteiger partial charge in [-0.15, -0.1) is 0 Å². The van der Waals surface area contributed by atoms with E-state index in [-0.39, 0.29) is 13.2 Å². The van der Waals surface area contributed by atoms with Gasteiger partial charge in [-0.2, -0.15) is 0 Å². The van der Waals surface area contributed by atoms with Gasteiger partial charge in [0, 0.05) is 25.3 Å². The number of benzene rings is 1. The van der Waals surface area contributed by atoms with Gasteiger partial charge in [-0.1, -0.05) is 12.5 Å². The standard InChI is InChI=1S/C16H25NO4/c1-20-14-5-3-6-15(8-14)21-11-13(19)9-17-16-7-2-4-12(16)10-18/h3,5-6,8,12-13,16-19H,2,4,7,9-11H2,1H3. The Balaban J connectivity index is 1.70. The van der Waals surface area contributed by atoms with Gasteiger partial charge >= 0.3 is 0 Å². The van der Waals surface area contributed by atoms with Crippen molar-refractivity contribution in [3.8, 4) is 11.5 Å². The van der Waals surface area contributed by atoms with Crippen molar-refractivity contribution in [3.63, 3.8) is 0 Å². The highest BCUT2D eigenvalue weighted by Crippen LogP contribution is 2.25. The predicted octanol–water partition coefficient (Wildman–Crippen LogP) is 1.19. The lowest BCUT2D eigenvalue weighted by Crippen LogP contribution is -2.40. The minimum atomic E-state index is -0.573. The van der Waals surface area contributed by atoms with Crippen LogP contribution in [0.5, 0.6) is 11.5 Å². The van der Waals surface area contributed by atoms with Crippen LogP contribution in [-0.2, 0) is 0 Å². The van der Waals surface area contributed by atoms with Crippen LogP contribution in [-0.4, -0.2) is 49.2 Å². The van der Waals surface area contributed by atoms with Crippen molar-refractivity contribution in [2.24, 2.45) is 5.92 Å². The van der Waals surface area contributed by atoms with Gasteiger partial charge < -0.3 is 25.0 Å². The summed E-state index contributed by atoms with van der Waals surface area (Å²) < 4.78 is 10.7. The molecule has 1 aliphatic carbocycles. The molecule has 0 aliphatic heterocycles. The Morgan fingerprint density at radius 1 is 1.33 bits per heavy atom. The number of ether oxygens (including phenoxy) is 2. The normalized spacial score (nSPS) is 23.0. The summed E-state index contributed by atoms with van der Waals surface area (Å²) in [6, 6.07) is 7.63. The van der Waals surface area contributed by atoms with Crippen LogP contribution >= 0.6 is 0 Å².